The van der Waals surface area contributed by atoms with Gasteiger partial charge in [-0.25, -0.2) is 4.98 Å². The van der Waals surface area contributed by atoms with E-state index in [1.54, 1.807) is 11.3 Å². The lowest BCUT2D eigenvalue weighted by Gasteiger charge is -2.20. The Morgan fingerprint density at radius 3 is 3.15 bits per heavy atom. The zero-order chi connectivity index (χ0) is 13.9. The molecule has 20 heavy (non-hydrogen) atoms. The molecule has 2 N–H and O–H groups in total. The van der Waals surface area contributed by atoms with Crippen molar-refractivity contribution in [1.82, 2.24) is 9.97 Å². The Labute approximate surface area is 122 Å². The van der Waals surface area contributed by atoms with Crippen molar-refractivity contribution in [3.8, 4) is 0 Å². The number of hydrogen-bond acceptors (Lipinski definition) is 6. The second-order valence-electron chi connectivity index (χ2n) is 5.12. The van der Waals surface area contributed by atoms with E-state index in [4.69, 9.17) is 4.74 Å². The van der Waals surface area contributed by atoms with Crippen LogP contribution in [0.2, 0.25) is 0 Å². The normalized spacial score (nSPS) is 20.2. The molecule has 0 amide bonds. The number of rotatable bonds is 5. The van der Waals surface area contributed by atoms with E-state index in [0.717, 1.165) is 42.2 Å². The fraction of sp³-hybridized carbons (Fsp3) is 0.571. The number of thiophene rings is 1. The lowest BCUT2D eigenvalue weighted by Crippen LogP contribution is -2.26. The van der Waals surface area contributed by atoms with Crippen LogP contribution < -0.4 is 10.6 Å². The maximum Gasteiger partial charge on any atom is 0.226 e. The van der Waals surface area contributed by atoms with Crippen LogP contribution in [0, 0.1) is 5.92 Å². The van der Waals surface area contributed by atoms with E-state index < -0.39 is 0 Å². The summed E-state index contributed by atoms with van der Waals surface area (Å²) >= 11 is 1.65. The van der Waals surface area contributed by atoms with Crippen LogP contribution in [0.25, 0.3) is 10.2 Å². The molecule has 2 atom stereocenters. The first-order valence-electron chi connectivity index (χ1n) is 7.11. The van der Waals surface area contributed by atoms with Gasteiger partial charge in [-0.2, -0.15) is 4.98 Å². The van der Waals surface area contributed by atoms with Crippen molar-refractivity contribution in [2.24, 2.45) is 5.92 Å². The van der Waals surface area contributed by atoms with Gasteiger partial charge in [0.05, 0.1) is 12.0 Å². The van der Waals surface area contributed by atoms with E-state index in [0.29, 0.717) is 17.9 Å². The minimum absolute atomic E-state index is 0.352. The molecule has 2 aromatic rings. The third-order valence-corrected chi connectivity index (χ3v) is 4.50. The zero-order valence-corrected chi connectivity index (χ0v) is 12.7. The van der Waals surface area contributed by atoms with Gasteiger partial charge in [0.15, 0.2) is 0 Å². The summed E-state index contributed by atoms with van der Waals surface area (Å²) in [7, 11) is 0. The Morgan fingerprint density at radius 2 is 2.40 bits per heavy atom. The SMILES string of the molecule is CCNc1nc(NC(C)C2CCOC2)c2ccsc2n1. The molecule has 0 aliphatic carbocycles. The molecular weight excluding hydrogens is 272 g/mol. The van der Waals surface area contributed by atoms with Crippen LogP contribution in [0.5, 0.6) is 0 Å². The van der Waals surface area contributed by atoms with E-state index in [1.807, 2.05) is 6.92 Å². The average molecular weight is 292 g/mol. The maximum atomic E-state index is 5.47. The number of anilines is 2. The fourth-order valence-electron chi connectivity index (χ4n) is 2.48. The van der Waals surface area contributed by atoms with Gasteiger partial charge in [-0.3, -0.25) is 0 Å². The lowest BCUT2D eigenvalue weighted by atomic mass is 10.0. The number of ether oxygens (including phenoxy) is 1. The smallest absolute Gasteiger partial charge is 0.226 e. The molecule has 3 heterocycles. The van der Waals surface area contributed by atoms with Gasteiger partial charge in [-0.05, 0) is 31.7 Å². The first-order chi connectivity index (χ1) is 9.78. The monoisotopic (exact) mass is 292 g/mol. The summed E-state index contributed by atoms with van der Waals surface area (Å²) in [6.45, 7) is 6.78. The highest BCUT2D eigenvalue weighted by Crippen LogP contribution is 2.28. The van der Waals surface area contributed by atoms with Crippen LogP contribution in [0.1, 0.15) is 20.3 Å². The van der Waals surface area contributed by atoms with Gasteiger partial charge < -0.3 is 15.4 Å². The van der Waals surface area contributed by atoms with Crippen LogP contribution >= 0.6 is 11.3 Å². The molecule has 2 aromatic heterocycles. The molecule has 0 spiro atoms. The van der Waals surface area contributed by atoms with Gasteiger partial charge in [0.2, 0.25) is 5.95 Å². The Bertz CT molecular complexity index is 580. The summed E-state index contributed by atoms with van der Waals surface area (Å²) in [4.78, 5) is 10.2. The summed E-state index contributed by atoms with van der Waals surface area (Å²) in [5.74, 6) is 2.17. The fourth-order valence-corrected chi connectivity index (χ4v) is 3.25. The van der Waals surface area contributed by atoms with E-state index in [1.165, 1.54) is 0 Å². The molecule has 6 heteroatoms. The number of fused-ring (bicyclic) bond motifs is 1. The Kier molecular flexibility index (Phi) is 4.03. The second kappa shape index (κ2) is 5.93. The minimum atomic E-state index is 0.352. The molecule has 0 radical (unpaired) electrons. The highest BCUT2D eigenvalue weighted by atomic mass is 32.1. The van der Waals surface area contributed by atoms with Crippen LogP contribution in [-0.4, -0.2) is 35.8 Å². The summed E-state index contributed by atoms with van der Waals surface area (Å²) in [5.41, 5.74) is 0. The number of hydrogen-bond donors (Lipinski definition) is 2. The summed E-state index contributed by atoms with van der Waals surface area (Å²) in [6, 6.07) is 2.43. The third-order valence-electron chi connectivity index (χ3n) is 3.70. The molecule has 0 aromatic carbocycles. The van der Waals surface area contributed by atoms with Gasteiger partial charge in [-0.1, -0.05) is 0 Å². The van der Waals surface area contributed by atoms with Crippen LogP contribution in [0.15, 0.2) is 11.4 Å². The summed E-state index contributed by atoms with van der Waals surface area (Å²) < 4.78 is 5.47. The van der Waals surface area contributed by atoms with Crippen molar-refractivity contribution in [3.05, 3.63) is 11.4 Å². The van der Waals surface area contributed by atoms with E-state index in [9.17, 15) is 0 Å². The van der Waals surface area contributed by atoms with Gasteiger partial charge in [0, 0.05) is 25.1 Å². The molecular formula is C14H20N4OS. The maximum absolute atomic E-state index is 5.47. The predicted octanol–water partition coefficient (Wildman–Crippen LogP) is 2.96. The highest BCUT2D eigenvalue weighted by molar-refractivity contribution is 7.16. The molecule has 108 valence electrons. The molecule has 5 nitrogen and oxygen atoms in total. The molecule has 0 saturated carbocycles. The van der Waals surface area contributed by atoms with Gasteiger partial charge in [-0.15, -0.1) is 11.3 Å². The zero-order valence-electron chi connectivity index (χ0n) is 11.8. The Morgan fingerprint density at radius 1 is 1.50 bits per heavy atom. The molecule has 3 rings (SSSR count). The van der Waals surface area contributed by atoms with Crippen molar-refractivity contribution in [2.75, 3.05) is 30.4 Å². The summed E-state index contributed by atoms with van der Waals surface area (Å²) in [6.07, 6.45) is 1.12. The van der Waals surface area contributed by atoms with Gasteiger partial charge >= 0.3 is 0 Å². The van der Waals surface area contributed by atoms with Gasteiger partial charge in [0.1, 0.15) is 10.6 Å². The molecule has 1 saturated heterocycles. The second-order valence-corrected chi connectivity index (χ2v) is 6.02. The predicted molar refractivity (Wildman–Crippen MR) is 83.6 cm³/mol. The Balaban J connectivity index is 1.86. The highest BCUT2D eigenvalue weighted by Gasteiger charge is 2.23. The van der Waals surface area contributed by atoms with E-state index in [2.05, 4.69) is 39.0 Å². The molecule has 1 aliphatic rings. The largest absolute Gasteiger partial charge is 0.381 e. The molecule has 1 fully saturated rings. The number of nitrogens with one attached hydrogen (secondary N) is 2. The average Bonchev–Trinajstić information content (AvgIpc) is 3.10. The summed E-state index contributed by atoms with van der Waals surface area (Å²) in [5, 5.41) is 9.90. The molecule has 0 bridgehead atoms. The van der Waals surface area contributed by atoms with Crippen LogP contribution in [0.3, 0.4) is 0 Å². The molecule has 2 unspecified atom stereocenters. The topological polar surface area (TPSA) is 59.1 Å². The number of aromatic nitrogens is 2. The van der Waals surface area contributed by atoms with Gasteiger partial charge in [0.25, 0.3) is 0 Å². The standard InChI is InChI=1S/C14H20N4OS/c1-3-15-14-17-12(11-5-7-20-13(11)18-14)16-9(2)10-4-6-19-8-10/h5,7,9-10H,3-4,6,8H2,1-2H3,(H2,15,16,17,18). The first kappa shape index (κ1) is 13.6. The van der Waals surface area contributed by atoms with Crippen molar-refractivity contribution in [1.29, 1.82) is 0 Å². The van der Waals surface area contributed by atoms with Crippen LogP contribution in [-0.2, 0) is 4.74 Å². The van der Waals surface area contributed by atoms with Crippen molar-refractivity contribution in [3.63, 3.8) is 0 Å². The van der Waals surface area contributed by atoms with E-state index in [-0.39, 0.29) is 0 Å². The first-order valence-corrected chi connectivity index (χ1v) is 7.99. The van der Waals surface area contributed by atoms with Crippen molar-refractivity contribution >= 4 is 33.3 Å². The van der Waals surface area contributed by atoms with E-state index >= 15 is 0 Å². The quantitative estimate of drug-likeness (QED) is 0.887. The number of nitrogens with zero attached hydrogens (tertiary/aromatic N) is 2. The Hall–Kier alpha value is -1.40. The molecule has 1 aliphatic heterocycles. The van der Waals surface area contributed by atoms with Crippen LogP contribution in [0.4, 0.5) is 11.8 Å². The third kappa shape index (κ3) is 2.71. The lowest BCUT2D eigenvalue weighted by molar-refractivity contribution is 0.183. The van der Waals surface area contributed by atoms with Crippen molar-refractivity contribution < 1.29 is 4.74 Å². The van der Waals surface area contributed by atoms with Crippen molar-refractivity contribution in [2.45, 2.75) is 26.3 Å². The minimum Gasteiger partial charge on any atom is -0.381 e.